The maximum atomic E-state index is 11.2. The number of carbonyl (C=O) groups excluding carboxylic acids is 1. The van der Waals surface area contributed by atoms with E-state index < -0.39 is 11.6 Å². The predicted molar refractivity (Wildman–Crippen MR) is 46.3 cm³/mol. The van der Waals surface area contributed by atoms with Crippen LogP contribution in [0.4, 0.5) is 0 Å². The lowest BCUT2D eigenvalue weighted by Crippen LogP contribution is -2.63. The number of likely N-dealkylation sites (N-methyl/N-ethyl adjacent to an activating group) is 1. The Bertz CT molecular complexity index is 241. The number of rotatable bonds is 0. The number of nitrogens with zero attached hydrogens (tertiary/aromatic N) is 1. The highest BCUT2D eigenvalue weighted by Crippen LogP contribution is 2.28. The third-order valence-electron chi connectivity index (χ3n) is 3.04. The molecule has 1 N–H and O–H groups in total. The summed E-state index contributed by atoms with van der Waals surface area (Å²) in [6.07, 6.45) is 2.38. The molecular weight excluding hydrogens is 154 g/mol. The summed E-state index contributed by atoms with van der Waals surface area (Å²) < 4.78 is 0.528. The van der Waals surface area contributed by atoms with E-state index in [0.717, 1.165) is 0 Å². The minimum absolute atomic E-state index is 0.197. The fourth-order valence-electron chi connectivity index (χ4n) is 1.21. The molecular formula is C9H16NO2+. The minimum Gasteiger partial charge on any atom is -0.379 e. The smallest absolute Gasteiger partial charge is 0.195 e. The maximum absolute atomic E-state index is 11.2. The van der Waals surface area contributed by atoms with E-state index in [9.17, 15) is 9.90 Å². The zero-order valence-corrected chi connectivity index (χ0v) is 8.03. The van der Waals surface area contributed by atoms with Crippen LogP contribution in [-0.2, 0) is 4.79 Å². The first-order chi connectivity index (χ1) is 5.29. The van der Waals surface area contributed by atoms with Gasteiger partial charge in [-0.25, -0.2) is 0 Å². The summed E-state index contributed by atoms with van der Waals surface area (Å²) in [7, 11) is 3.93. The van der Waals surface area contributed by atoms with Crippen LogP contribution in [0, 0.1) is 0 Å². The molecule has 1 aliphatic heterocycles. The Hall–Kier alpha value is -0.670. The van der Waals surface area contributed by atoms with E-state index in [2.05, 4.69) is 0 Å². The summed E-state index contributed by atoms with van der Waals surface area (Å²) in [6.45, 7) is 3.78. The van der Waals surface area contributed by atoms with Crippen molar-refractivity contribution in [3.05, 3.63) is 12.3 Å². The molecule has 0 spiro atoms. The normalized spacial score (nSPS) is 32.1. The average molecular weight is 170 g/mol. The average Bonchev–Trinajstić information content (AvgIpc) is 1.96. The molecule has 12 heavy (non-hydrogen) atoms. The van der Waals surface area contributed by atoms with Gasteiger partial charge in [-0.3, -0.25) is 9.28 Å². The van der Waals surface area contributed by atoms with E-state index in [4.69, 9.17) is 0 Å². The third-order valence-corrected chi connectivity index (χ3v) is 3.04. The van der Waals surface area contributed by atoms with Crippen molar-refractivity contribution < 1.29 is 14.4 Å². The topological polar surface area (TPSA) is 37.3 Å². The van der Waals surface area contributed by atoms with Crippen molar-refractivity contribution in [2.24, 2.45) is 0 Å². The SMILES string of the molecule is CC1(C)C(O)C(=O)C=C[N+]1(C)C. The Balaban J connectivity index is 3.13. The van der Waals surface area contributed by atoms with Crippen molar-refractivity contribution in [1.82, 2.24) is 0 Å². The molecule has 1 unspecified atom stereocenters. The van der Waals surface area contributed by atoms with E-state index in [1.807, 2.05) is 34.1 Å². The summed E-state index contributed by atoms with van der Waals surface area (Å²) in [4.78, 5) is 11.2. The Morgan fingerprint density at radius 2 is 2.00 bits per heavy atom. The van der Waals surface area contributed by atoms with Crippen molar-refractivity contribution in [3.8, 4) is 0 Å². The van der Waals surface area contributed by atoms with Gasteiger partial charge in [0.15, 0.2) is 11.9 Å². The molecule has 0 aliphatic carbocycles. The van der Waals surface area contributed by atoms with Crippen LogP contribution in [0.3, 0.4) is 0 Å². The zero-order chi connectivity index (χ0) is 9.57. The number of ketones is 1. The van der Waals surface area contributed by atoms with Gasteiger partial charge in [-0.15, -0.1) is 0 Å². The Labute approximate surface area is 72.9 Å². The lowest BCUT2D eigenvalue weighted by atomic mass is 9.87. The van der Waals surface area contributed by atoms with Gasteiger partial charge in [0.25, 0.3) is 0 Å². The van der Waals surface area contributed by atoms with Crippen LogP contribution in [0.1, 0.15) is 13.8 Å². The van der Waals surface area contributed by atoms with Crippen LogP contribution in [0.5, 0.6) is 0 Å². The van der Waals surface area contributed by atoms with Gasteiger partial charge in [0.2, 0.25) is 0 Å². The Kier molecular flexibility index (Phi) is 1.89. The second-order valence-corrected chi connectivity index (χ2v) is 4.31. The van der Waals surface area contributed by atoms with Crippen molar-refractivity contribution >= 4 is 5.78 Å². The molecule has 1 heterocycles. The lowest BCUT2D eigenvalue weighted by Gasteiger charge is -2.45. The van der Waals surface area contributed by atoms with E-state index in [0.29, 0.717) is 4.48 Å². The molecule has 0 saturated carbocycles. The lowest BCUT2D eigenvalue weighted by molar-refractivity contribution is -0.894. The fraction of sp³-hybridized carbons (Fsp3) is 0.667. The maximum Gasteiger partial charge on any atom is 0.195 e. The molecule has 1 atom stereocenters. The van der Waals surface area contributed by atoms with Crippen LogP contribution >= 0.6 is 0 Å². The van der Waals surface area contributed by atoms with Crippen molar-refractivity contribution in [2.45, 2.75) is 25.5 Å². The summed E-state index contributed by atoms with van der Waals surface area (Å²) in [6, 6.07) is 0. The first-order valence-electron chi connectivity index (χ1n) is 4.04. The molecule has 0 fully saturated rings. The second kappa shape index (κ2) is 2.41. The van der Waals surface area contributed by atoms with Crippen molar-refractivity contribution in [2.75, 3.05) is 14.1 Å². The summed E-state index contributed by atoms with van der Waals surface area (Å²) >= 11 is 0. The van der Waals surface area contributed by atoms with E-state index >= 15 is 0 Å². The van der Waals surface area contributed by atoms with Gasteiger partial charge in [0.05, 0.1) is 20.3 Å². The third kappa shape index (κ3) is 1.09. The van der Waals surface area contributed by atoms with Crippen LogP contribution in [-0.4, -0.2) is 41.1 Å². The van der Waals surface area contributed by atoms with Gasteiger partial charge in [0.1, 0.15) is 5.54 Å². The van der Waals surface area contributed by atoms with Crippen LogP contribution in [0.25, 0.3) is 0 Å². The van der Waals surface area contributed by atoms with Crippen LogP contribution in [0.15, 0.2) is 12.3 Å². The second-order valence-electron chi connectivity index (χ2n) is 4.31. The Morgan fingerprint density at radius 3 is 2.42 bits per heavy atom. The summed E-state index contributed by atoms with van der Waals surface area (Å²) in [5.41, 5.74) is -0.439. The fourth-order valence-corrected chi connectivity index (χ4v) is 1.21. The largest absolute Gasteiger partial charge is 0.379 e. The first kappa shape index (κ1) is 9.42. The number of quaternary nitrogens is 1. The molecule has 0 saturated heterocycles. The van der Waals surface area contributed by atoms with Gasteiger partial charge < -0.3 is 5.11 Å². The molecule has 0 radical (unpaired) electrons. The number of hydrogen-bond acceptors (Lipinski definition) is 2. The first-order valence-corrected chi connectivity index (χ1v) is 4.04. The Morgan fingerprint density at radius 1 is 1.50 bits per heavy atom. The quantitative estimate of drug-likeness (QED) is 0.531. The van der Waals surface area contributed by atoms with Gasteiger partial charge in [-0.1, -0.05) is 0 Å². The molecule has 1 rings (SSSR count). The monoisotopic (exact) mass is 170 g/mol. The highest BCUT2D eigenvalue weighted by molar-refractivity contribution is 5.94. The van der Waals surface area contributed by atoms with E-state index in [1.54, 1.807) is 0 Å². The molecule has 0 aromatic rings. The van der Waals surface area contributed by atoms with Gasteiger partial charge in [0, 0.05) is 6.08 Å². The standard InChI is InChI=1S/C9H16NO2/c1-9(2)8(12)7(11)5-6-10(9,3)4/h5-6,8,12H,1-4H3/q+1. The number of hydrogen-bond donors (Lipinski definition) is 1. The minimum atomic E-state index is -0.891. The van der Waals surface area contributed by atoms with E-state index in [-0.39, 0.29) is 5.78 Å². The number of aliphatic hydroxyl groups is 1. The molecule has 68 valence electrons. The highest BCUT2D eigenvalue weighted by Gasteiger charge is 2.47. The van der Waals surface area contributed by atoms with Gasteiger partial charge in [-0.2, -0.15) is 0 Å². The van der Waals surface area contributed by atoms with Gasteiger partial charge >= 0.3 is 0 Å². The molecule has 0 aromatic heterocycles. The molecule has 0 aromatic carbocycles. The van der Waals surface area contributed by atoms with Crippen molar-refractivity contribution in [3.63, 3.8) is 0 Å². The van der Waals surface area contributed by atoms with Crippen LogP contribution < -0.4 is 0 Å². The zero-order valence-electron chi connectivity index (χ0n) is 8.03. The number of aliphatic hydroxyl groups excluding tert-OH is 1. The summed E-state index contributed by atoms with van der Waals surface area (Å²) in [5.74, 6) is -0.197. The van der Waals surface area contributed by atoms with Crippen molar-refractivity contribution in [1.29, 1.82) is 0 Å². The molecule has 0 bridgehead atoms. The summed E-state index contributed by atoms with van der Waals surface area (Å²) in [5, 5.41) is 9.62. The highest BCUT2D eigenvalue weighted by atomic mass is 16.3. The molecule has 1 aliphatic rings. The molecule has 0 amide bonds. The van der Waals surface area contributed by atoms with Gasteiger partial charge in [-0.05, 0) is 13.8 Å². The predicted octanol–water partition coefficient (Wildman–Crippen LogP) is 0.299. The van der Waals surface area contributed by atoms with Crippen LogP contribution in [0.2, 0.25) is 0 Å². The number of carbonyl (C=O) groups is 1. The van der Waals surface area contributed by atoms with E-state index in [1.165, 1.54) is 6.08 Å². The molecule has 3 nitrogen and oxygen atoms in total. The molecule has 3 heteroatoms.